The maximum Gasteiger partial charge on any atom is 0.573 e. The summed E-state index contributed by atoms with van der Waals surface area (Å²) in [5.41, 5.74) is 9.17. The molecule has 2 aromatic rings. The van der Waals surface area contributed by atoms with E-state index in [1.807, 2.05) is 6.08 Å². The molecule has 184 valence electrons. The Balaban J connectivity index is 1.42. The number of nitrogens with zero attached hydrogens (tertiary/aromatic N) is 5. The summed E-state index contributed by atoms with van der Waals surface area (Å²) < 4.78 is 41.8. The van der Waals surface area contributed by atoms with Gasteiger partial charge in [-0.3, -0.25) is 4.98 Å². The topological polar surface area (TPSA) is 91.3 Å². The van der Waals surface area contributed by atoms with Gasteiger partial charge in [-0.1, -0.05) is 6.58 Å². The highest BCUT2D eigenvalue weighted by Crippen LogP contribution is 2.36. The van der Waals surface area contributed by atoms with Gasteiger partial charge in [-0.05, 0) is 49.6 Å². The molecule has 2 aliphatic rings. The van der Waals surface area contributed by atoms with Crippen molar-refractivity contribution in [2.75, 3.05) is 36.8 Å². The van der Waals surface area contributed by atoms with Crippen molar-refractivity contribution in [1.29, 1.82) is 5.26 Å². The molecule has 35 heavy (non-hydrogen) atoms. The van der Waals surface area contributed by atoms with Gasteiger partial charge in [0.2, 0.25) is 0 Å². The molecule has 2 fully saturated rings. The lowest BCUT2D eigenvalue weighted by molar-refractivity contribution is -0.274. The molecule has 2 aliphatic heterocycles. The molecule has 0 atom stereocenters. The summed E-state index contributed by atoms with van der Waals surface area (Å²) in [5.74, 6) is 0.836. The number of aromatic nitrogens is 2. The third kappa shape index (κ3) is 5.67. The number of rotatable bonds is 6. The van der Waals surface area contributed by atoms with Crippen LogP contribution in [0.5, 0.6) is 5.75 Å². The van der Waals surface area contributed by atoms with Gasteiger partial charge in [-0.2, -0.15) is 5.26 Å². The fourth-order valence-corrected chi connectivity index (χ4v) is 4.47. The number of nitrogen functional groups attached to an aromatic ring is 1. The van der Waals surface area contributed by atoms with Crippen molar-refractivity contribution >= 4 is 17.1 Å². The minimum atomic E-state index is -4.77. The molecule has 0 unspecified atom stereocenters. The number of halogens is 3. The summed E-state index contributed by atoms with van der Waals surface area (Å²) in [4.78, 5) is 13.5. The molecule has 0 amide bonds. The van der Waals surface area contributed by atoms with E-state index in [9.17, 15) is 13.2 Å². The molecule has 0 saturated carbocycles. The molecule has 0 bridgehead atoms. The van der Waals surface area contributed by atoms with E-state index in [2.05, 4.69) is 37.2 Å². The standard InChI is InChI=1S/C25H27F3N6O/c1-16(21-12-20(3-4-22(21)30)35-25(26,27)28)11-17(2)34-14-19(15-34)23-24(32-8-7-31-23)33-9-5-18(13-29)6-10-33/h3-4,7-8,11-12,18-19H,2,5-6,9-10,14-15,30H2,1H3/b16-11-. The SMILES string of the molecule is C=C(/C=C(/C)c1cc(OC(F)(F)F)ccc1N)N1CC(c2nccnc2N2CCC(C#N)CC2)C1. The van der Waals surface area contributed by atoms with Crippen LogP contribution in [0.4, 0.5) is 24.7 Å². The van der Waals surface area contributed by atoms with Gasteiger partial charge >= 0.3 is 6.36 Å². The van der Waals surface area contributed by atoms with Crippen LogP contribution in [0, 0.1) is 17.2 Å². The Morgan fingerprint density at radius 3 is 2.57 bits per heavy atom. The number of alkyl halides is 3. The highest BCUT2D eigenvalue weighted by atomic mass is 19.4. The van der Waals surface area contributed by atoms with E-state index in [0.29, 0.717) is 29.9 Å². The lowest BCUT2D eigenvalue weighted by Gasteiger charge is -2.42. The maximum atomic E-state index is 12.6. The smallest absolute Gasteiger partial charge is 0.406 e. The van der Waals surface area contributed by atoms with Crippen LogP contribution in [-0.2, 0) is 0 Å². The average molecular weight is 485 g/mol. The van der Waals surface area contributed by atoms with E-state index in [1.165, 1.54) is 18.2 Å². The number of ether oxygens (including phenoxy) is 1. The summed E-state index contributed by atoms with van der Waals surface area (Å²) in [5, 5.41) is 9.15. The van der Waals surface area contributed by atoms with Crippen LogP contribution in [0.3, 0.4) is 0 Å². The van der Waals surface area contributed by atoms with Crippen LogP contribution >= 0.6 is 0 Å². The number of nitriles is 1. The third-order valence-corrected chi connectivity index (χ3v) is 6.42. The monoisotopic (exact) mass is 484 g/mol. The van der Waals surface area contributed by atoms with Gasteiger partial charge in [0.05, 0.1) is 11.8 Å². The minimum absolute atomic E-state index is 0.0960. The normalized spacial score (nSPS) is 17.6. The second-order valence-electron chi connectivity index (χ2n) is 8.87. The van der Waals surface area contributed by atoms with E-state index in [0.717, 1.165) is 43.1 Å². The van der Waals surface area contributed by atoms with E-state index < -0.39 is 6.36 Å². The number of hydrogen-bond acceptors (Lipinski definition) is 7. The number of piperidine rings is 1. The number of allylic oxidation sites excluding steroid dienone is 2. The molecule has 4 rings (SSSR count). The largest absolute Gasteiger partial charge is 0.573 e. The summed E-state index contributed by atoms with van der Waals surface area (Å²) in [6.07, 6.45) is 2.07. The number of nitrogens with two attached hydrogens (primary N) is 1. The van der Waals surface area contributed by atoms with E-state index >= 15 is 0 Å². The van der Waals surface area contributed by atoms with Gasteiger partial charge in [-0.15, -0.1) is 13.2 Å². The van der Waals surface area contributed by atoms with Crippen molar-refractivity contribution in [2.45, 2.75) is 32.0 Å². The molecule has 0 aliphatic carbocycles. The van der Waals surface area contributed by atoms with Crippen molar-refractivity contribution in [2.24, 2.45) is 5.92 Å². The molecule has 1 aromatic carbocycles. The molecular formula is C25H27F3N6O. The lowest BCUT2D eigenvalue weighted by atomic mass is 9.93. The molecule has 0 spiro atoms. The summed E-state index contributed by atoms with van der Waals surface area (Å²) in [6.45, 7) is 8.89. The van der Waals surface area contributed by atoms with Gasteiger partial charge in [0.25, 0.3) is 0 Å². The molecule has 0 radical (unpaired) electrons. The van der Waals surface area contributed by atoms with E-state index in [1.54, 1.807) is 19.3 Å². The van der Waals surface area contributed by atoms with Crippen LogP contribution in [0.15, 0.2) is 48.9 Å². The summed E-state index contributed by atoms with van der Waals surface area (Å²) in [6, 6.07) is 6.21. The number of hydrogen-bond donors (Lipinski definition) is 1. The first-order chi connectivity index (χ1) is 16.6. The van der Waals surface area contributed by atoms with Crippen molar-refractivity contribution in [3.05, 3.63) is 60.2 Å². The molecular weight excluding hydrogens is 457 g/mol. The van der Waals surface area contributed by atoms with Crippen LogP contribution in [0.1, 0.15) is 36.9 Å². The molecule has 2 saturated heterocycles. The summed E-state index contributed by atoms with van der Waals surface area (Å²) >= 11 is 0. The van der Waals surface area contributed by atoms with Crippen molar-refractivity contribution in [3.8, 4) is 11.8 Å². The lowest BCUT2D eigenvalue weighted by Crippen LogP contribution is -2.45. The van der Waals surface area contributed by atoms with Crippen molar-refractivity contribution in [3.63, 3.8) is 0 Å². The fraction of sp³-hybridized carbons (Fsp3) is 0.400. The van der Waals surface area contributed by atoms with E-state index in [-0.39, 0.29) is 17.6 Å². The zero-order valence-corrected chi connectivity index (χ0v) is 19.4. The zero-order chi connectivity index (χ0) is 25.2. The summed E-state index contributed by atoms with van der Waals surface area (Å²) in [7, 11) is 0. The number of anilines is 2. The second-order valence-corrected chi connectivity index (χ2v) is 8.87. The van der Waals surface area contributed by atoms with Gasteiger partial charge in [0, 0.05) is 67.4 Å². The Kier molecular flexibility index (Phi) is 6.87. The Labute approximate surface area is 202 Å². The van der Waals surface area contributed by atoms with Crippen LogP contribution < -0.4 is 15.4 Å². The number of likely N-dealkylation sites (tertiary alicyclic amines) is 1. The molecule has 10 heteroatoms. The first kappa shape index (κ1) is 24.4. The van der Waals surface area contributed by atoms with Crippen LogP contribution in [-0.4, -0.2) is 47.4 Å². The van der Waals surface area contributed by atoms with Gasteiger partial charge in [0.1, 0.15) is 5.75 Å². The first-order valence-electron chi connectivity index (χ1n) is 11.4. The molecule has 2 N–H and O–H groups in total. The Bertz CT molecular complexity index is 1160. The van der Waals surface area contributed by atoms with Crippen LogP contribution in [0.25, 0.3) is 5.57 Å². The highest BCUT2D eigenvalue weighted by Gasteiger charge is 2.34. The van der Waals surface area contributed by atoms with Crippen molar-refractivity contribution < 1.29 is 17.9 Å². The van der Waals surface area contributed by atoms with Gasteiger partial charge in [0.15, 0.2) is 5.82 Å². The van der Waals surface area contributed by atoms with Crippen LogP contribution in [0.2, 0.25) is 0 Å². The van der Waals surface area contributed by atoms with Gasteiger partial charge in [-0.25, -0.2) is 4.98 Å². The molecule has 3 heterocycles. The highest BCUT2D eigenvalue weighted by molar-refractivity contribution is 5.76. The van der Waals surface area contributed by atoms with Crippen molar-refractivity contribution in [1.82, 2.24) is 14.9 Å². The number of benzene rings is 1. The maximum absolute atomic E-state index is 12.6. The van der Waals surface area contributed by atoms with E-state index in [4.69, 9.17) is 11.0 Å². The molecule has 1 aromatic heterocycles. The Morgan fingerprint density at radius 1 is 1.23 bits per heavy atom. The average Bonchev–Trinajstić information content (AvgIpc) is 2.79. The predicted octanol–water partition coefficient (Wildman–Crippen LogP) is 4.71. The molecule has 7 nitrogen and oxygen atoms in total. The van der Waals surface area contributed by atoms with Gasteiger partial charge < -0.3 is 20.3 Å². The predicted molar refractivity (Wildman–Crippen MR) is 127 cm³/mol. The second kappa shape index (κ2) is 9.86. The fourth-order valence-electron chi connectivity index (χ4n) is 4.47. The quantitative estimate of drug-likeness (QED) is 0.469. The third-order valence-electron chi connectivity index (χ3n) is 6.42. The Morgan fingerprint density at radius 2 is 1.91 bits per heavy atom. The zero-order valence-electron chi connectivity index (χ0n) is 19.4. The first-order valence-corrected chi connectivity index (χ1v) is 11.4. The minimum Gasteiger partial charge on any atom is -0.406 e. The Hall–Kier alpha value is -3.74.